The number of hydrogen-bond donors (Lipinski definition) is 0. The van der Waals surface area contributed by atoms with Gasteiger partial charge in [0.15, 0.2) is 5.82 Å². The third-order valence-electron chi connectivity index (χ3n) is 1.65. The number of thiocarbonyl (C=S) groups is 1. The summed E-state index contributed by atoms with van der Waals surface area (Å²) in [6.45, 7) is 1.90. The Morgan fingerprint density at radius 1 is 1.50 bits per heavy atom. The van der Waals surface area contributed by atoms with Gasteiger partial charge in [0.25, 0.3) is 0 Å². The van der Waals surface area contributed by atoms with Crippen LogP contribution in [0.5, 0.6) is 0 Å². The van der Waals surface area contributed by atoms with Gasteiger partial charge in [-0.15, -0.1) is 5.10 Å². The lowest BCUT2D eigenvalue weighted by atomic mass is 10.5. The second-order valence-electron chi connectivity index (χ2n) is 2.39. The number of rotatable bonds is 1. The van der Waals surface area contributed by atoms with Crippen molar-refractivity contribution in [3.63, 3.8) is 0 Å². The molecule has 0 N–H and O–H groups in total. The van der Waals surface area contributed by atoms with Gasteiger partial charge in [-0.2, -0.15) is 5.10 Å². The fourth-order valence-electron chi connectivity index (χ4n) is 1.12. The molecular formula is C7H6N4S. The van der Waals surface area contributed by atoms with Crippen molar-refractivity contribution in [2.75, 3.05) is 0 Å². The van der Waals surface area contributed by atoms with Crippen molar-refractivity contribution in [2.24, 2.45) is 0 Å². The van der Waals surface area contributed by atoms with Crippen LogP contribution in [0.2, 0.25) is 0 Å². The third-order valence-corrected chi connectivity index (χ3v) is 1.86. The molecule has 0 bridgehead atoms. The minimum Gasteiger partial charge on any atom is -0.277 e. The molecule has 2 rings (SSSR count). The second kappa shape index (κ2) is 2.60. The van der Waals surface area contributed by atoms with Crippen LogP contribution in [0, 0.1) is 6.92 Å². The average molecular weight is 178 g/mol. The summed E-state index contributed by atoms with van der Waals surface area (Å²) < 4.78 is 1.86. The first kappa shape index (κ1) is 7.30. The van der Waals surface area contributed by atoms with E-state index >= 15 is 0 Å². The molecule has 12 heavy (non-hydrogen) atoms. The Balaban J connectivity index is 2.93. The van der Waals surface area contributed by atoms with E-state index in [9.17, 15) is 0 Å². The molecule has 0 unspecified atom stereocenters. The first-order valence-electron chi connectivity index (χ1n) is 3.44. The van der Waals surface area contributed by atoms with E-state index in [-0.39, 0.29) is 0 Å². The molecule has 60 valence electrons. The lowest BCUT2D eigenvalue weighted by molar-refractivity contribution is 0.907. The second-order valence-corrected chi connectivity index (χ2v) is 2.62. The maximum atomic E-state index is 4.80. The zero-order chi connectivity index (χ0) is 8.55. The fourth-order valence-corrected chi connectivity index (χ4v) is 1.27. The van der Waals surface area contributed by atoms with Crippen molar-refractivity contribution in [3.8, 4) is 0 Å². The molecule has 0 saturated heterocycles. The summed E-state index contributed by atoms with van der Waals surface area (Å²) in [6, 6.07) is 0. The number of aromatic nitrogens is 4. The first-order valence-corrected chi connectivity index (χ1v) is 3.91. The monoisotopic (exact) mass is 178 g/mol. The molecule has 2 aromatic heterocycles. The molecule has 2 aromatic rings. The normalized spacial score (nSPS) is 10.4. The van der Waals surface area contributed by atoms with Gasteiger partial charge in [0.2, 0.25) is 0 Å². The molecule has 0 aliphatic heterocycles. The van der Waals surface area contributed by atoms with Gasteiger partial charge in [-0.25, -0.2) is 4.98 Å². The minimum absolute atomic E-state index is 0.650. The van der Waals surface area contributed by atoms with Crippen LogP contribution in [0.25, 0.3) is 5.52 Å². The molecule has 0 spiro atoms. The van der Waals surface area contributed by atoms with Crippen LogP contribution in [-0.2, 0) is 0 Å². The van der Waals surface area contributed by atoms with E-state index in [2.05, 4.69) is 15.2 Å². The van der Waals surface area contributed by atoms with Crippen LogP contribution in [0.15, 0.2) is 12.4 Å². The van der Waals surface area contributed by atoms with Crippen LogP contribution in [0.4, 0.5) is 0 Å². The Bertz CT molecular complexity index is 434. The summed E-state index contributed by atoms with van der Waals surface area (Å²) in [4.78, 5) is 4.12. The van der Waals surface area contributed by atoms with Crippen molar-refractivity contribution < 1.29 is 0 Å². The molecule has 2 heterocycles. The highest BCUT2D eigenvalue weighted by Gasteiger charge is 2.02. The topological polar surface area (TPSA) is 43.1 Å². The Kier molecular flexibility index (Phi) is 1.58. The van der Waals surface area contributed by atoms with Gasteiger partial charge < -0.3 is 0 Å². The highest BCUT2D eigenvalue weighted by Crippen LogP contribution is 2.04. The van der Waals surface area contributed by atoms with E-state index in [4.69, 9.17) is 12.2 Å². The van der Waals surface area contributed by atoms with Crippen LogP contribution in [0.1, 0.15) is 11.6 Å². The van der Waals surface area contributed by atoms with E-state index in [0.717, 1.165) is 11.3 Å². The van der Waals surface area contributed by atoms with Crippen LogP contribution >= 0.6 is 12.2 Å². The van der Waals surface area contributed by atoms with Crippen molar-refractivity contribution in [2.45, 2.75) is 6.92 Å². The summed E-state index contributed by atoms with van der Waals surface area (Å²) in [5.41, 5.74) is 0.915. The molecule has 4 nitrogen and oxygen atoms in total. The fraction of sp³-hybridized carbons (Fsp3) is 0.143. The summed E-state index contributed by atoms with van der Waals surface area (Å²) in [5.74, 6) is 1.52. The van der Waals surface area contributed by atoms with Crippen molar-refractivity contribution >= 4 is 23.1 Å². The molecule has 0 aliphatic rings. The molecule has 0 fully saturated rings. The van der Waals surface area contributed by atoms with E-state index in [0.29, 0.717) is 5.82 Å². The molecular weight excluding hydrogens is 172 g/mol. The molecule has 0 radical (unpaired) electrons. The molecule has 0 saturated carbocycles. The predicted octanol–water partition coefficient (Wildman–Crippen LogP) is 0.781. The van der Waals surface area contributed by atoms with Gasteiger partial charge in [0.05, 0.1) is 17.9 Å². The number of fused-ring (bicyclic) bond motifs is 1. The molecule has 0 aliphatic carbocycles. The molecule has 5 heteroatoms. The van der Waals surface area contributed by atoms with Gasteiger partial charge in [-0.3, -0.25) is 4.40 Å². The standard InChI is InChI=1S/C7H6N4S/c1-5-8-2-6-3-9-10-7(4-12)11(5)6/h2-4H,1H3. The van der Waals surface area contributed by atoms with Gasteiger partial charge in [-0.05, 0) is 6.92 Å². The van der Waals surface area contributed by atoms with Crippen LogP contribution in [0.3, 0.4) is 0 Å². The van der Waals surface area contributed by atoms with Gasteiger partial charge in [0.1, 0.15) is 5.82 Å². The SMILES string of the molecule is Cc1ncc2cnnc(C=S)n12. The van der Waals surface area contributed by atoms with E-state index in [1.807, 2.05) is 11.3 Å². The summed E-state index contributed by atoms with van der Waals surface area (Å²) in [6.07, 6.45) is 3.40. The quantitative estimate of drug-likeness (QED) is 0.605. The van der Waals surface area contributed by atoms with Gasteiger partial charge in [-0.1, -0.05) is 12.2 Å². The van der Waals surface area contributed by atoms with E-state index in [1.165, 1.54) is 5.37 Å². The Labute approximate surface area is 74.3 Å². The summed E-state index contributed by atoms with van der Waals surface area (Å²) >= 11 is 4.80. The highest BCUT2D eigenvalue weighted by molar-refractivity contribution is 7.79. The Morgan fingerprint density at radius 3 is 3.08 bits per heavy atom. The zero-order valence-electron chi connectivity index (χ0n) is 6.43. The number of imidazole rings is 1. The molecule has 0 amide bonds. The van der Waals surface area contributed by atoms with Gasteiger partial charge >= 0.3 is 0 Å². The number of aryl methyl sites for hydroxylation is 1. The maximum absolute atomic E-state index is 4.80. The third kappa shape index (κ3) is 0.902. The predicted molar refractivity (Wildman–Crippen MR) is 48.3 cm³/mol. The first-order chi connectivity index (χ1) is 5.83. The van der Waals surface area contributed by atoms with Crippen LogP contribution in [-0.4, -0.2) is 24.9 Å². The summed E-state index contributed by atoms with van der Waals surface area (Å²) in [7, 11) is 0. The van der Waals surface area contributed by atoms with Crippen molar-refractivity contribution in [1.82, 2.24) is 19.6 Å². The smallest absolute Gasteiger partial charge is 0.172 e. The minimum atomic E-state index is 0.650. The molecule has 0 atom stereocenters. The van der Waals surface area contributed by atoms with Crippen LogP contribution < -0.4 is 0 Å². The lowest BCUT2D eigenvalue weighted by Crippen LogP contribution is -2.01. The Hall–Kier alpha value is -1.36. The average Bonchev–Trinajstić information content (AvgIpc) is 2.48. The number of hydrogen-bond acceptors (Lipinski definition) is 4. The van der Waals surface area contributed by atoms with E-state index in [1.54, 1.807) is 12.4 Å². The highest BCUT2D eigenvalue weighted by atomic mass is 32.1. The largest absolute Gasteiger partial charge is 0.277 e. The van der Waals surface area contributed by atoms with E-state index < -0.39 is 0 Å². The summed E-state index contributed by atoms with van der Waals surface area (Å²) in [5, 5.41) is 9.15. The van der Waals surface area contributed by atoms with Crippen molar-refractivity contribution in [1.29, 1.82) is 0 Å². The number of nitrogens with zero attached hydrogens (tertiary/aromatic N) is 4. The molecule has 0 aromatic carbocycles. The van der Waals surface area contributed by atoms with Crippen molar-refractivity contribution in [3.05, 3.63) is 24.0 Å². The zero-order valence-corrected chi connectivity index (χ0v) is 7.25. The Morgan fingerprint density at radius 2 is 2.33 bits per heavy atom. The van der Waals surface area contributed by atoms with Gasteiger partial charge in [0, 0.05) is 5.37 Å². The lowest BCUT2D eigenvalue weighted by Gasteiger charge is -1.97. The maximum Gasteiger partial charge on any atom is 0.172 e.